The Morgan fingerprint density at radius 1 is 1.26 bits per heavy atom. The molecule has 0 saturated carbocycles. The van der Waals surface area contributed by atoms with Crippen LogP contribution in [0.2, 0.25) is 0 Å². The second kappa shape index (κ2) is 5.93. The topological polar surface area (TPSA) is 24.5 Å². The first-order chi connectivity index (χ1) is 9.38. The average molecular weight is 260 g/mol. The van der Waals surface area contributed by atoms with E-state index in [0.29, 0.717) is 12.1 Å². The van der Waals surface area contributed by atoms with Crippen molar-refractivity contribution in [3.05, 3.63) is 29.8 Å². The third kappa shape index (κ3) is 2.77. The summed E-state index contributed by atoms with van der Waals surface area (Å²) in [6, 6.07) is 9.83. The van der Waals surface area contributed by atoms with Crippen LogP contribution in [0.5, 0.6) is 5.75 Å². The summed E-state index contributed by atoms with van der Waals surface area (Å²) in [5.74, 6) is 1.02. The summed E-state index contributed by atoms with van der Waals surface area (Å²) in [5.41, 5.74) is 1.32. The van der Waals surface area contributed by atoms with Crippen molar-refractivity contribution in [2.75, 3.05) is 20.2 Å². The summed E-state index contributed by atoms with van der Waals surface area (Å²) in [7, 11) is 1.76. The van der Waals surface area contributed by atoms with Gasteiger partial charge in [-0.3, -0.25) is 4.90 Å². The molecule has 2 saturated heterocycles. The van der Waals surface area contributed by atoms with Gasteiger partial charge in [0.2, 0.25) is 0 Å². The summed E-state index contributed by atoms with van der Waals surface area (Å²) in [5, 5.41) is 3.69. The average Bonchev–Trinajstić information content (AvgIpc) is 2.48. The Labute approximate surface area is 115 Å². The van der Waals surface area contributed by atoms with Gasteiger partial charge in [0.15, 0.2) is 0 Å². The van der Waals surface area contributed by atoms with Crippen LogP contribution in [0, 0.1) is 0 Å². The van der Waals surface area contributed by atoms with Gasteiger partial charge in [-0.1, -0.05) is 18.2 Å². The van der Waals surface area contributed by atoms with Gasteiger partial charge in [0, 0.05) is 24.2 Å². The second-order valence-electron chi connectivity index (χ2n) is 5.69. The molecule has 0 radical (unpaired) electrons. The van der Waals surface area contributed by atoms with Crippen molar-refractivity contribution >= 4 is 0 Å². The van der Waals surface area contributed by atoms with Gasteiger partial charge in [-0.05, 0) is 44.8 Å². The quantitative estimate of drug-likeness (QED) is 0.903. The molecule has 0 bridgehead atoms. The number of nitrogens with zero attached hydrogens (tertiary/aromatic N) is 1. The maximum absolute atomic E-state index is 5.48. The zero-order valence-electron chi connectivity index (χ0n) is 11.8. The molecule has 0 unspecified atom stereocenters. The number of likely N-dealkylation sites (tertiary alicyclic amines) is 1. The summed E-state index contributed by atoms with van der Waals surface area (Å²) in [4.78, 5) is 2.65. The fourth-order valence-corrected chi connectivity index (χ4v) is 3.60. The molecule has 0 spiro atoms. The number of piperidine rings is 2. The molecule has 3 rings (SSSR count). The highest BCUT2D eigenvalue weighted by atomic mass is 16.5. The summed E-state index contributed by atoms with van der Waals surface area (Å²) < 4.78 is 5.48. The number of fused-ring (bicyclic) bond motifs is 1. The Kier molecular flexibility index (Phi) is 4.04. The second-order valence-corrected chi connectivity index (χ2v) is 5.69. The summed E-state index contributed by atoms with van der Waals surface area (Å²) in [6.45, 7) is 3.44. The molecule has 0 amide bonds. The molecule has 2 heterocycles. The Balaban J connectivity index is 1.74. The molecule has 1 aromatic rings. The van der Waals surface area contributed by atoms with Gasteiger partial charge >= 0.3 is 0 Å². The van der Waals surface area contributed by atoms with Gasteiger partial charge in [-0.15, -0.1) is 0 Å². The van der Waals surface area contributed by atoms with Crippen LogP contribution < -0.4 is 10.1 Å². The van der Waals surface area contributed by atoms with Crippen molar-refractivity contribution in [2.24, 2.45) is 0 Å². The van der Waals surface area contributed by atoms with Crippen LogP contribution in [0.1, 0.15) is 31.2 Å². The fourth-order valence-electron chi connectivity index (χ4n) is 3.60. The van der Waals surface area contributed by atoms with Crippen LogP contribution in [0.15, 0.2) is 24.3 Å². The van der Waals surface area contributed by atoms with Crippen LogP contribution in [-0.2, 0) is 6.54 Å². The van der Waals surface area contributed by atoms with E-state index >= 15 is 0 Å². The number of hydrogen-bond donors (Lipinski definition) is 1. The first-order valence-corrected chi connectivity index (χ1v) is 7.48. The Bertz CT molecular complexity index is 419. The number of hydrogen-bond acceptors (Lipinski definition) is 3. The van der Waals surface area contributed by atoms with Crippen LogP contribution in [0.3, 0.4) is 0 Å². The molecule has 3 nitrogen and oxygen atoms in total. The van der Waals surface area contributed by atoms with Crippen molar-refractivity contribution in [2.45, 2.75) is 44.3 Å². The van der Waals surface area contributed by atoms with E-state index in [0.717, 1.165) is 12.3 Å². The van der Waals surface area contributed by atoms with Crippen molar-refractivity contribution < 1.29 is 4.74 Å². The maximum Gasteiger partial charge on any atom is 0.123 e. The molecule has 3 heteroatoms. The smallest absolute Gasteiger partial charge is 0.123 e. The third-order valence-electron chi connectivity index (χ3n) is 4.54. The zero-order chi connectivity index (χ0) is 13.1. The van der Waals surface area contributed by atoms with E-state index in [1.54, 1.807) is 7.11 Å². The first-order valence-electron chi connectivity index (χ1n) is 7.48. The minimum atomic E-state index is 0.706. The Morgan fingerprint density at radius 2 is 2.16 bits per heavy atom. The number of rotatable bonds is 3. The van der Waals surface area contributed by atoms with E-state index < -0.39 is 0 Å². The predicted molar refractivity (Wildman–Crippen MR) is 77.5 cm³/mol. The molecule has 0 aliphatic carbocycles. The SMILES string of the molecule is COc1ccccc1CN1CCC[C@@H]2NCCC[C@@H]21. The van der Waals surface area contributed by atoms with Gasteiger partial charge < -0.3 is 10.1 Å². The highest BCUT2D eigenvalue weighted by Gasteiger charge is 2.33. The minimum absolute atomic E-state index is 0.706. The summed E-state index contributed by atoms with van der Waals surface area (Å²) in [6.07, 6.45) is 5.30. The van der Waals surface area contributed by atoms with Crippen LogP contribution in [-0.4, -0.2) is 37.2 Å². The number of ether oxygens (including phenoxy) is 1. The lowest BCUT2D eigenvalue weighted by Crippen LogP contribution is -2.56. The van der Waals surface area contributed by atoms with Crippen LogP contribution >= 0.6 is 0 Å². The molecule has 2 aliphatic rings. The van der Waals surface area contributed by atoms with Gasteiger partial charge in [0.1, 0.15) is 5.75 Å². The van der Waals surface area contributed by atoms with Crippen molar-refractivity contribution in [1.82, 2.24) is 10.2 Å². The molecule has 1 N–H and O–H groups in total. The monoisotopic (exact) mass is 260 g/mol. The third-order valence-corrected chi connectivity index (χ3v) is 4.54. The number of methoxy groups -OCH3 is 1. The normalized spacial score (nSPS) is 27.8. The van der Waals surface area contributed by atoms with Gasteiger partial charge in [0.25, 0.3) is 0 Å². The number of para-hydroxylation sites is 1. The molecule has 104 valence electrons. The standard InChI is InChI=1S/C16H24N2O/c1-19-16-9-3-2-6-13(16)12-18-11-5-7-14-15(18)8-4-10-17-14/h2-3,6,9,14-15,17H,4-5,7-8,10-12H2,1H3/t14-,15-/m0/s1. The van der Waals surface area contributed by atoms with Gasteiger partial charge in [0.05, 0.1) is 7.11 Å². The molecule has 2 atom stereocenters. The maximum atomic E-state index is 5.48. The predicted octanol–water partition coefficient (Wildman–Crippen LogP) is 2.41. The van der Waals surface area contributed by atoms with Crippen molar-refractivity contribution in [1.29, 1.82) is 0 Å². The Morgan fingerprint density at radius 3 is 3.05 bits per heavy atom. The fraction of sp³-hybridized carbons (Fsp3) is 0.625. The first kappa shape index (κ1) is 12.9. The largest absolute Gasteiger partial charge is 0.496 e. The zero-order valence-corrected chi connectivity index (χ0v) is 11.8. The molecular formula is C16H24N2O. The molecule has 0 aromatic heterocycles. The van der Waals surface area contributed by atoms with E-state index in [1.165, 1.54) is 44.3 Å². The molecular weight excluding hydrogens is 236 g/mol. The number of nitrogens with one attached hydrogen (secondary N) is 1. The highest BCUT2D eigenvalue weighted by Crippen LogP contribution is 2.28. The summed E-state index contributed by atoms with van der Waals surface area (Å²) >= 11 is 0. The van der Waals surface area contributed by atoms with Crippen LogP contribution in [0.25, 0.3) is 0 Å². The van der Waals surface area contributed by atoms with E-state index in [2.05, 4.69) is 28.4 Å². The molecule has 2 aliphatic heterocycles. The molecule has 19 heavy (non-hydrogen) atoms. The van der Waals surface area contributed by atoms with Gasteiger partial charge in [-0.2, -0.15) is 0 Å². The van der Waals surface area contributed by atoms with Gasteiger partial charge in [-0.25, -0.2) is 0 Å². The lowest BCUT2D eigenvalue weighted by Gasteiger charge is -2.44. The van der Waals surface area contributed by atoms with E-state index in [9.17, 15) is 0 Å². The van der Waals surface area contributed by atoms with Crippen LogP contribution in [0.4, 0.5) is 0 Å². The van der Waals surface area contributed by atoms with Crippen molar-refractivity contribution in [3.8, 4) is 5.75 Å². The lowest BCUT2D eigenvalue weighted by molar-refractivity contribution is 0.0795. The highest BCUT2D eigenvalue weighted by molar-refractivity contribution is 5.33. The Hall–Kier alpha value is -1.06. The van der Waals surface area contributed by atoms with E-state index in [1.807, 2.05) is 6.07 Å². The van der Waals surface area contributed by atoms with E-state index in [4.69, 9.17) is 4.74 Å². The minimum Gasteiger partial charge on any atom is -0.496 e. The van der Waals surface area contributed by atoms with Crippen molar-refractivity contribution in [3.63, 3.8) is 0 Å². The molecule has 2 fully saturated rings. The molecule has 1 aromatic carbocycles. The number of benzene rings is 1. The van der Waals surface area contributed by atoms with E-state index in [-0.39, 0.29) is 0 Å². The lowest BCUT2D eigenvalue weighted by atomic mass is 9.89.